The molecule has 1 aliphatic rings. The van der Waals surface area contributed by atoms with E-state index in [-0.39, 0.29) is 0 Å². The number of rotatable bonds is 5. The number of hydrogen-bond acceptors (Lipinski definition) is 2. The molecule has 1 aliphatic heterocycles. The SMILES string of the molecule is CCCC1CCN(c2ccc(CNC)cc2)C1. The summed E-state index contributed by atoms with van der Waals surface area (Å²) in [6, 6.07) is 9.00. The second-order valence-electron chi connectivity index (χ2n) is 5.09. The molecular weight excluding hydrogens is 208 g/mol. The predicted octanol–water partition coefficient (Wildman–Crippen LogP) is 3.03. The topological polar surface area (TPSA) is 15.3 Å². The van der Waals surface area contributed by atoms with Crippen LogP contribution in [0, 0.1) is 5.92 Å². The Morgan fingerprint density at radius 2 is 2.06 bits per heavy atom. The fraction of sp³-hybridized carbons (Fsp3) is 0.600. The smallest absolute Gasteiger partial charge is 0.0366 e. The van der Waals surface area contributed by atoms with Crippen molar-refractivity contribution in [1.29, 1.82) is 0 Å². The van der Waals surface area contributed by atoms with Gasteiger partial charge >= 0.3 is 0 Å². The first-order valence-corrected chi connectivity index (χ1v) is 6.82. The molecule has 17 heavy (non-hydrogen) atoms. The Morgan fingerprint density at radius 3 is 2.71 bits per heavy atom. The highest BCUT2D eigenvalue weighted by Gasteiger charge is 2.21. The van der Waals surface area contributed by atoms with Crippen molar-refractivity contribution in [1.82, 2.24) is 5.32 Å². The quantitative estimate of drug-likeness (QED) is 0.839. The second-order valence-corrected chi connectivity index (χ2v) is 5.09. The van der Waals surface area contributed by atoms with Gasteiger partial charge in [-0.05, 0) is 43.5 Å². The summed E-state index contributed by atoms with van der Waals surface area (Å²) in [6.45, 7) is 5.73. The van der Waals surface area contributed by atoms with Gasteiger partial charge in [0.05, 0.1) is 0 Å². The molecule has 2 heteroatoms. The Morgan fingerprint density at radius 1 is 1.29 bits per heavy atom. The van der Waals surface area contributed by atoms with Crippen LogP contribution in [0.25, 0.3) is 0 Å². The maximum absolute atomic E-state index is 3.18. The fourth-order valence-electron chi connectivity index (χ4n) is 2.74. The molecule has 1 unspecified atom stereocenters. The number of nitrogens with one attached hydrogen (secondary N) is 1. The average Bonchev–Trinajstić information content (AvgIpc) is 2.80. The van der Waals surface area contributed by atoms with Gasteiger partial charge in [-0.25, -0.2) is 0 Å². The normalized spacial score (nSPS) is 19.9. The third-order valence-corrected chi connectivity index (χ3v) is 3.67. The predicted molar refractivity (Wildman–Crippen MR) is 74.4 cm³/mol. The van der Waals surface area contributed by atoms with E-state index >= 15 is 0 Å². The Hall–Kier alpha value is -1.02. The molecule has 1 saturated heterocycles. The maximum atomic E-state index is 3.18. The number of anilines is 1. The standard InChI is InChI=1S/C15H24N2/c1-3-4-14-9-10-17(12-14)15-7-5-13(6-8-15)11-16-2/h5-8,14,16H,3-4,9-12H2,1-2H3. The van der Waals surface area contributed by atoms with E-state index in [1.54, 1.807) is 0 Å². The molecule has 0 spiro atoms. The molecule has 1 heterocycles. The maximum Gasteiger partial charge on any atom is 0.0366 e. The van der Waals surface area contributed by atoms with Gasteiger partial charge in [-0.1, -0.05) is 25.5 Å². The van der Waals surface area contributed by atoms with Crippen molar-refractivity contribution in [3.63, 3.8) is 0 Å². The zero-order valence-electron chi connectivity index (χ0n) is 11.1. The molecule has 1 atom stereocenters. The number of nitrogens with zero attached hydrogens (tertiary/aromatic N) is 1. The molecule has 1 fully saturated rings. The van der Waals surface area contributed by atoms with Gasteiger partial charge in [0.1, 0.15) is 0 Å². The summed E-state index contributed by atoms with van der Waals surface area (Å²) in [6.07, 6.45) is 4.07. The molecule has 0 bridgehead atoms. The third kappa shape index (κ3) is 3.22. The van der Waals surface area contributed by atoms with Crippen LogP contribution in [0.4, 0.5) is 5.69 Å². The minimum Gasteiger partial charge on any atom is -0.371 e. The van der Waals surface area contributed by atoms with Crippen molar-refractivity contribution in [3.8, 4) is 0 Å². The van der Waals surface area contributed by atoms with Gasteiger partial charge < -0.3 is 10.2 Å². The van der Waals surface area contributed by atoms with Crippen molar-refractivity contribution >= 4 is 5.69 Å². The Balaban J connectivity index is 1.94. The average molecular weight is 232 g/mol. The third-order valence-electron chi connectivity index (χ3n) is 3.67. The molecule has 0 radical (unpaired) electrons. The summed E-state index contributed by atoms with van der Waals surface area (Å²) in [7, 11) is 1.99. The van der Waals surface area contributed by atoms with Gasteiger partial charge in [-0.15, -0.1) is 0 Å². The molecular formula is C15H24N2. The lowest BCUT2D eigenvalue weighted by atomic mass is 10.0. The molecule has 1 aromatic rings. The highest BCUT2D eigenvalue weighted by atomic mass is 15.1. The van der Waals surface area contributed by atoms with E-state index in [9.17, 15) is 0 Å². The van der Waals surface area contributed by atoms with Gasteiger partial charge in [-0.3, -0.25) is 0 Å². The lowest BCUT2D eigenvalue weighted by Gasteiger charge is -2.19. The largest absolute Gasteiger partial charge is 0.371 e. The lowest BCUT2D eigenvalue weighted by molar-refractivity contribution is 0.530. The van der Waals surface area contributed by atoms with E-state index < -0.39 is 0 Å². The van der Waals surface area contributed by atoms with Crippen molar-refractivity contribution in [3.05, 3.63) is 29.8 Å². The van der Waals surface area contributed by atoms with E-state index in [2.05, 4.69) is 41.4 Å². The van der Waals surface area contributed by atoms with E-state index in [1.165, 1.54) is 43.6 Å². The van der Waals surface area contributed by atoms with Crippen molar-refractivity contribution in [2.45, 2.75) is 32.7 Å². The van der Waals surface area contributed by atoms with Crippen LogP contribution in [0.3, 0.4) is 0 Å². The van der Waals surface area contributed by atoms with Gasteiger partial charge in [0, 0.05) is 25.3 Å². The first kappa shape index (κ1) is 12.4. The lowest BCUT2D eigenvalue weighted by Crippen LogP contribution is -2.19. The van der Waals surface area contributed by atoms with Gasteiger partial charge in [0.2, 0.25) is 0 Å². The van der Waals surface area contributed by atoms with Crippen LogP contribution < -0.4 is 10.2 Å². The minimum atomic E-state index is 0.914. The molecule has 2 rings (SSSR count). The summed E-state index contributed by atoms with van der Waals surface area (Å²) in [5, 5.41) is 3.18. The molecule has 1 aromatic carbocycles. The van der Waals surface area contributed by atoms with Gasteiger partial charge in [-0.2, -0.15) is 0 Å². The van der Waals surface area contributed by atoms with Crippen molar-refractivity contribution in [2.75, 3.05) is 25.0 Å². The van der Waals surface area contributed by atoms with E-state index in [1.807, 2.05) is 7.05 Å². The van der Waals surface area contributed by atoms with E-state index in [4.69, 9.17) is 0 Å². The highest BCUT2D eigenvalue weighted by Crippen LogP contribution is 2.26. The van der Waals surface area contributed by atoms with Crippen LogP contribution in [0.5, 0.6) is 0 Å². The molecule has 1 N–H and O–H groups in total. The summed E-state index contributed by atoms with van der Waals surface area (Å²) < 4.78 is 0. The van der Waals surface area contributed by atoms with Gasteiger partial charge in [0.15, 0.2) is 0 Å². The Labute approximate surface area is 105 Å². The van der Waals surface area contributed by atoms with Gasteiger partial charge in [0.25, 0.3) is 0 Å². The van der Waals surface area contributed by atoms with E-state index in [0.717, 1.165) is 12.5 Å². The molecule has 2 nitrogen and oxygen atoms in total. The first-order valence-electron chi connectivity index (χ1n) is 6.82. The Bertz CT molecular complexity index is 331. The molecule has 0 amide bonds. The van der Waals surface area contributed by atoms with Crippen LogP contribution in [0.1, 0.15) is 31.7 Å². The number of benzene rings is 1. The summed E-state index contributed by atoms with van der Waals surface area (Å²) in [5.74, 6) is 0.914. The zero-order chi connectivity index (χ0) is 12.1. The first-order chi connectivity index (χ1) is 8.33. The number of hydrogen-bond donors (Lipinski definition) is 1. The fourth-order valence-corrected chi connectivity index (χ4v) is 2.74. The van der Waals surface area contributed by atoms with Crippen molar-refractivity contribution in [2.24, 2.45) is 5.92 Å². The van der Waals surface area contributed by atoms with E-state index in [0.29, 0.717) is 0 Å². The monoisotopic (exact) mass is 232 g/mol. The summed E-state index contributed by atoms with van der Waals surface area (Å²) >= 11 is 0. The van der Waals surface area contributed by atoms with Crippen LogP contribution in [0.15, 0.2) is 24.3 Å². The van der Waals surface area contributed by atoms with Crippen LogP contribution in [0.2, 0.25) is 0 Å². The molecule has 0 aliphatic carbocycles. The summed E-state index contributed by atoms with van der Waals surface area (Å²) in [4.78, 5) is 2.53. The zero-order valence-corrected chi connectivity index (χ0v) is 11.1. The van der Waals surface area contributed by atoms with Crippen LogP contribution >= 0.6 is 0 Å². The Kier molecular flexibility index (Phi) is 4.43. The van der Waals surface area contributed by atoms with Crippen LogP contribution in [-0.4, -0.2) is 20.1 Å². The van der Waals surface area contributed by atoms with Crippen LogP contribution in [-0.2, 0) is 6.54 Å². The highest BCUT2D eigenvalue weighted by molar-refractivity contribution is 5.48. The summed E-state index contributed by atoms with van der Waals surface area (Å²) in [5.41, 5.74) is 2.75. The minimum absolute atomic E-state index is 0.914. The molecule has 94 valence electrons. The van der Waals surface area contributed by atoms with Crippen molar-refractivity contribution < 1.29 is 0 Å². The molecule has 0 aromatic heterocycles. The molecule has 0 saturated carbocycles. The second kappa shape index (κ2) is 6.06.